The van der Waals surface area contributed by atoms with Gasteiger partial charge in [-0.15, -0.1) is 0 Å². The topological polar surface area (TPSA) is 41.1 Å². The lowest BCUT2D eigenvalue weighted by atomic mass is 9.92. The standard InChI is InChI=1S/C14H18BrIN2O/c1-9(10-3-2-6-17-8-10)18-14(19)12-7-11(15)4-5-13(12)16/h4-5,7,9-10,17H,2-3,6,8H2,1H3,(H,18,19). The molecule has 1 saturated heterocycles. The first-order valence-electron chi connectivity index (χ1n) is 6.54. The van der Waals surface area contributed by atoms with E-state index in [1.54, 1.807) is 0 Å². The minimum absolute atomic E-state index is 0.0174. The van der Waals surface area contributed by atoms with Gasteiger partial charge in [-0.05, 0) is 79.6 Å². The molecule has 1 fully saturated rings. The highest BCUT2D eigenvalue weighted by Crippen LogP contribution is 2.20. The van der Waals surface area contributed by atoms with Gasteiger partial charge >= 0.3 is 0 Å². The Hall–Kier alpha value is -0.140. The molecule has 0 radical (unpaired) electrons. The van der Waals surface area contributed by atoms with Crippen molar-refractivity contribution in [2.24, 2.45) is 5.92 Å². The van der Waals surface area contributed by atoms with Crippen molar-refractivity contribution in [1.82, 2.24) is 10.6 Å². The van der Waals surface area contributed by atoms with E-state index in [1.165, 1.54) is 12.8 Å². The summed E-state index contributed by atoms with van der Waals surface area (Å²) in [6.07, 6.45) is 2.38. The molecule has 5 heteroatoms. The fourth-order valence-corrected chi connectivity index (χ4v) is 3.32. The van der Waals surface area contributed by atoms with E-state index >= 15 is 0 Å². The van der Waals surface area contributed by atoms with E-state index in [0.29, 0.717) is 5.92 Å². The molecular weight excluding hydrogens is 419 g/mol. The molecule has 0 aliphatic carbocycles. The summed E-state index contributed by atoms with van der Waals surface area (Å²) in [7, 11) is 0. The normalized spacial score (nSPS) is 20.9. The van der Waals surface area contributed by atoms with Gasteiger partial charge in [0.05, 0.1) is 5.56 Å². The second-order valence-electron chi connectivity index (χ2n) is 4.99. The Morgan fingerprint density at radius 3 is 3.05 bits per heavy atom. The first-order valence-corrected chi connectivity index (χ1v) is 8.41. The summed E-state index contributed by atoms with van der Waals surface area (Å²) in [5.74, 6) is 0.547. The SMILES string of the molecule is CC(NC(=O)c1cc(Br)ccc1I)C1CCCNC1. The van der Waals surface area contributed by atoms with Crippen molar-refractivity contribution < 1.29 is 4.79 Å². The molecule has 2 N–H and O–H groups in total. The van der Waals surface area contributed by atoms with Crippen LogP contribution in [0.2, 0.25) is 0 Å². The summed E-state index contributed by atoms with van der Waals surface area (Å²) in [6.45, 7) is 4.19. The number of piperidine rings is 1. The zero-order chi connectivity index (χ0) is 13.8. The monoisotopic (exact) mass is 436 g/mol. The lowest BCUT2D eigenvalue weighted by Crippen LogP contribution is -2.44. The molecule has 2 atom stereocenters. The maximum absolute atomic E-state index is 12.3. The Morgan fingerprint density at radius 2 is 2.37 bits per heavy atom. The summed E-state index contributed by atoms with van der Waals surface area (Å²) in [6, 6.07) is 5.98. The third-order valence-corrected chi connectivity index (χ3v) is 5.01. The lowest BCUT2D eigenvalue weighted by molar-refractivity contribution is 0.0921. The van der Waals surface area contributed by atoms with Crippen LogP contribution in [-0.4, -0.2) is 25.0 Å². The summed E-state index contributed by atoms with van der Waals surface area (Å²) in [4.78, 5) is 12.3. The van der Waals surface area contributed by atoms with Crippen LogP contribution in [0.1, 0.15) is 30.1 Å². The molecule has 1 amide bonds. The van der Waals surface area contributed by atoms with Gasteiger partial charge in [0.15, 0.2) is 0 Å². The van der Waals surface area contributed by atoms with Crippen molar-refractivity contribution in [3.8, 4) is 0 Å². The number of nitrogens with one attached hydrogen (secondary N) is 2. The Morgan fingerprint density at radius 1 is 1.58 bits per heavy atom. The number of carbonyl (C=O) groups is 1. The summed E-state index contributed by atoms with van der Waals surface area (Å²) in [5.41, 5.74) is 0.741. The van der Waals surface area contributed by atoms with Crippen LogP contribution in [0.25, 0.3) is 0 Å². The van der Waals surface area contributed by atoms with Gasteiger partial charge in [0.1, 0.15) is 0 Å². The number of benzene rings is 1. The van der Waals surface area contributed by atoms with Crippen molar-refractivity contribution in [2.45, 2.75) is 25.8 Å². The van der Waals surface area contributed by atoms with E-state index in [0.717, 1.165) is 26.7 Å². The van der Waals surface area contributed by atoms with E-state index in [2.05, 4.69) is 56.1 Å². The zero-order valence-corrected chi connectivity index (χ0v) is 14.6. The highest BCUT2D eigenvalue weighted by molar-refractivity contribution is 14.1. The quantitative estimate of drug-likeness (QED) is 0.714. The predicted octanol–water partition coefficient (Wildman–Crippen LogP) is 3.17. The van der Waals surface area contributed by atoms with Gasteiger partial charge in [0.2, 0.25) is 0 Å². The minimum atomic E-state index is 0.0174. The van der Waals surface area contributed by atoms with Crippen LogP contribution in [0.4, 0.5) is 0 Å². The molecule has 1 aliphatic heterocycles. The van der Waals surface area contributed by atoms with Crippen molar-refractivity contribution in [1.29, 1.82) is 0 Å². The van der Waals surface area contributed by atoms with E-state index < -0.39 is 0 Å². The molecular formula is C14H18BrIN2O. The first kappa shape index (κ1) is 15.3. The zero-order valence-electron chi connectivity index (χ0n) is 10.9. The van der Waals surface area contributed by atoms with Crippen molar-refractivity contribution in [3.63, 3.8) is 0 Å². The molecule has 1 aromatic carbocycles. The second kappa shape index (κ2) is 7.04. The predicted molar refractivity (Wildman–Crippen MR) is 89.4 cm³/mol. The molecule has 2 rings (SSSR count). The van der Waals surface area contributed by atoms with Crippen LogP contribution in [-0.2, 0) is 0 Å². The number of hydrogen-bond acceptors (Lipinski definition) is 2. The minimum Gasteiger partial charge on any atom is -0.349 e. The number of halogens is 2. The highest BCUT2D eigenvalue weighted by Gasteiger charge is 2.22. The van der Waals surface area contributed by atoms with Crippen LogP contribution in [0.3, 0.4) is 0 Å². The van der Waals surface area contributed by atoms with Crippen molar-refractivity contribution in [2.75, 3.05) is 13.1 Å². The number of amides is 1. The van der Waals surface area contributed by atoms with Crippen LogP contribution < -0.4 is 10.6 Å². The van der Waals surface area contributed by atoms with Crippen LogP contribution in [0.5, 0.6) is 0 Å². The molecule has 1 aliphatic rings. The van der Waals surface area contributed by atoms with E-state index in [1.807, 2.05) is 18.2 Å². The van der Waals surface area contributed by atoms with Gasteiger partial charge in [-0.1, -0.05) is 15.9 Å². The van der Waals surface area contributed by atoms with Gasteiger partial charge in [-0.25, -0.2) is 0 Å². The summed E-state index contributed by atoms with van der Waals surface area (Å²) >= 11 is 5.61. The number of rotatable bonds is 3. The molecule has 0 aromatic heterocycles. The van der Waals surface area contributed by atoms with Gasteiger partial charge in [0, 0.05) is 14.1 Å². The molecule has 3 nitrogen and oxygen atoms in total. The molecule has 104 valence electrons. The Labute approximate surface area is 136 Å². The lowest BCUT2D eigenvalue weighted by Gasteiger charge is -2.29. The molecule has 0 saturated carbocycles. The van der Waals surface area contributed by atoms with Gasteiger partial charge in [0.25, 0.3) is 5.91 Å². The Bertz CT molecular complexity index is 461. The highest BCUT2D eigenvalue weighted by atomic mass is 127. The van der Waals surface area contributed by atoms with Crippen molar-refractivity contribution >= 4 is 44.4 Å². The number of hydrogen-bond donors (Lipinski definition) is 2. The largest absolute Gasteiger partial charge is 0.349 e. The molecule has 0 spiro atoms. The third-order valence-electron chi connectivity index (χ3n) is 3.57. The average molecular weight is 437 g/mol. The first-order chi connectivity index (χ1) is 9.08. The fraction of sp³-hybridized carbons (Fsp3) is 0.500. The molecule has 0 bridgehead atoms. The molecule has 1 heterocycles. The van der Waals surface area contributed by atoms with Crippen LogP contribution >= 0.6 is 38.5 Å². The van der Waals surface area contributed by atoms with Gasteiger partial charge in [-0.2, -0.15) is 0 Å². The van der Waals surface area contributed by atoms with E-state index in [-0.39, 0.29) is 11.9 Å². The number of carbonyl (C=O) groups excluding carboxylic acids is 1. The van der Waals surface area contributed by atoms with Gasteiger partial charge in [-0.3, -0.25) is 4.79 Å². The molecule has 2 unspecified atom stereocenters. The maximum Gasteiger partial charge on any atom is 0.252 e. The fourth-order valence-electron chi connectivity index (χ4n) is 2.38. The Balaban J connectivity index is 2.01. The average Bonchev–Trinajstić information content (AvgIpc) is 2.42. The Kier molecular flexibility index (Phi) is 5.65. The smallest absolute Gasteiger partial charge is 0.252 e. The molecule has 19 heavy (non-hydrogen) atoms. The van der Waals surface area contributed by atoms with Crippen LogP contribution in [0.15, 0.2) is 22.7 Å². The van der Waals surface area contributed by atoms with Gasteiger partial charge < -0.3 is 10.6 Å². The summed E-state index contributed by atoms with van der Waals surface area (Å²) in [5, 5.41) is 6.52. The second-order valence-corrected chi connectivity index (χ2v) is 7.07. The van der Waals surface area contributed by atoms with Crippen LogP contribution in [0, 0.1) is 9.49 Å². The van der Waals surface area contributed by atoms with Crippen molar-refractivity contribution in [3.05, 3.63) is 31.8 Å². The van der Waals surface area contributed by atoms with E-state index in [4.69, 9.17) is 0 Å². The third kappa shape index (κ3) is 4.16. The summed E-state index contributed by atoms with van der Waals surface area (Å²) < 4.78 is 1.91. The maximum atomic E-state index is 12.3. The molecule has 1 aromatic rings. The van der Waals surface area contributed by atoms with E-state index in [9.17, 15) is 4.79 Å².